The zero-order valence-corrected chi connectivity index (χ0v) is 15.9. The summed E-state index contributed by atoms with van der Waals surface area (Å²) in [5, 5.41) is 0. The molecule has 0 saturated carbocycles. The molecule has 1 fully saturated rings. The Bertz CT molecular complexity index is 849. The van der Waals surface area contributed by atoms with Crippen molar-refractivity contribution >= 4 is 20.0 Å². The molecule has 0 radical (unpaired) electrons. The minimum atomic E-state index is -3.59. The summed E-state index contributed by atoms with van der Waals surface area (Å²) in [6.45, 7) is 5.06. The maximum Gasteiger partial charge on any atom is 0.244 e. The predicted molar refractivity (Wildman–Crippen MR) is 92.5 cm³/mol. The van der Waals surface area contributed by atoms with Crippen LogP contribution in [-0.2, 0) is 25.6 Å². The minimum absolute atomic E-state index is 0.195. The third-order valence-electron chi connectivity index (χ3n) is 5.03. The highest BCUT2D eigenvalue weighted by molar-refractivity contribution is 7.89. The van der Waals surface area contributed by atoms with E-state index in [1.165, 1.54) is 10.6 Å². The second kappa shape index (κ2) is 5.79. The standard InChI is InChI=1S/C16H24N2O4S2/c1-13(2)8-10-18-16(9-11-17(12-16)23(3,19)20)14-6-4-5-7-15(14)24(18,21)22/h4-7,13H,8-12H2,1-3H3. The van der Waals surface area contributed by atoms with Crippen LogP contribution in [0.25, 0.3) is 0 Å². The van der Waals surface area contributed by atoms with Gasteiger partial charge in [0.1, 0.15) is 0 Å². The van der Waals surface area contributed by atoms with E-state index in [1.54, 1.807) is 16.4 Å². The number of hydrogen-bond acceptors (Lipinski definition) is 4. The van der Waals surface area contributed by atoms with Crippen LogP contribution in [0.4, 0.5) is 0 Å². The van der Waals surface area contributed by atoms with Crippen LogP contribution in [0.3, 0.4) is 0 Å². The number of hydrogen-bond donors (Lipinski definition) is 0. The molecule has 2 aliphatic heterocycles. The van der Waals surface area contributed by atoms with E-state index in [-0.39, 0.29) is 6.54 Å². The molecule has 0 aromatic heterocycles. The lowest BCUT2D eigenvalue weighted by Crippen LogP contribution is -2.47. The highest BCUT2D eigenvalue weighted by Crippen LogP contribution is 2.49. The Morgan fingerprint density at radius 1 is 1.25 bits per heavy atom. The van der Waals surface area contributed by atoms with Gasteiger partial charge in [0.05, 0.1) is 16.7 Å². The normalized spacial score (nSPS) is 27.2. The Hall–Kier alpha value is -0.960. The van der Waals surface area contributed by atoms with Crippen molar-refractivity contribution in [3.8, 4) is 0 Å². The van der Waals surface area contributed by atoms with Crippen LogP contribution in [0.5, 0.6) is 0 Å². The van der Waals surface area contributed by atoms with Crippen LogP contribution >= 0.6 is 0 Å². The summed E-state index contributed by atoms with van der Waals surface area (Å²) in [7, 11) is -6.94. The summed E-state index contributed by atoms with van der Waals surface area (Å²) >= 11 is 0. The molecule has 2 heterocycles. The Kier molecular flexibility index (Phi) is 4.31. The maximum absolute atomic E-state index is 13.1. The van der Waals surface area contributed by atoms with Crippen molar-refractivity contribution < 1.29 is 16.8 Å². The van der Waals surface area contributed by atoms with Gasteiger partial charge in [0.25, 0.3) is 0 Å². The fourth-order valence-electron chi connectivity index (χ4n) is 3.73. The average Bonchev–Trinajstić information content (AvgIpc) is 2.99. The van der Waals surface area contributed by atoms with Gasteiger partial charge in [-0.2, -0.15) is 8.61 Å². The SMILES string of the molecule is CC(C)CCN1C2(CCN(S(C)(=O)=O)C2)c2ccccc2S1(=O)=O. The maximum atomic E-state index is 13.1. The zero-order chi connectivity index (χ0) is 17.8. The van der Waals surface area contributed by atoms with Gasteiger partial charge in [0, 0.05) is 19.6 Å². The molecule has 0 bridgehead atoms. The van der Waals surface area contributed by atoms with Gasteiger partial charge in [-0.1, -0.05) is 32.0 Å². The van der Waals surface area contributed by atoms with Gasteiger partial charge in [-0.05, 0) is 30.4 Å². The van der Waals surface area contributed by atoms with Gasteiger partial charge in [0.15, 0.2) is 0 Å². The van der Waals surface area contributed by atoms with Gasteiger partial charge in [-0.15, -0.1) is 0 Å². The monoisotopic (exact) mass is 372 g/mol. The average molecular weight is 373 g/mol. The van der Waals surface area contributed by atoms with E-state index in [1.807, 2.05) is 12.1 Å². The largest absolute Gasteiger partial charge is 0.244 e. The molecule has 2 aliphatic rings. The van der Waals surface area contributed by atoms with Gasteiger partial charge in [-0.3, -0.25) is 0 Å². The Labute approximate surface area is 144 Å². The van der Waals surface area contributed by atoms with Crippen LogP contribution in [-0.4, -0.2) is 51.3 Å². The Balaban J connectivity index is 2.11. The molecule has 1 atom stereocenters. The lowest BCUT2D eigenvalue weighted by Gasteiger charge is -2.34. The molecular weight excluding hydrogens is 348 g/mol. The first kappa shape index (κ1) is 17.8. The Morgan fingerprint density at radius 2 is 1.92 bits per heavy atom. The van der Waals surface area contributed by atoms with Gasteiger partial charge in [0.2, 0.25) is 20.0 Å². The van der Waals surface area contributed by atoms with E-state index >= 15 is 0 Å². The summed E-state index contributed by atoms with van der Waals surface area (Å²) in [6, 6.07) is 7.00. The number of nitrogens with zero attached hydrogens (tertiary/aromatic N) is 2. The minimum Gasteiger partial charge on any atom is -0.213 e. The molecule has 0 aliphatic carbocycles. The molecule has 8 heteroatoms. The summed E-state index contributed by atoms with van der Waals surface area (Å²) in [6.07, 6.45) is 2.42. The van der Waals surface area contributed by atoms with E-state index in [0.29, 0.717) is 30.3 Å². The Morgan fingerprint density at radius 3 is 2.50 bits per heavy atom. The number of fused-ring (bicyclic) bond motifs is 2. The summed E-state index contributed by atoms with van der Waals surface area (Å²) in [5.41, 5.74) is -0.0344. The van der Waals surface area contributed by atoms with E-state index in [0.717, 1.165) is 12.0 Å². The van der Waals surface area contributed by atoms with Crippen LogP contribution in [0.1, 0.15) is 32.3 Å². The summed E-state index contributed by atoms with van der Waals surface area (Å²) in [4.78, 5) is 0.323. The van der Waals surface area contributed by atoms with Crippen LogP contribution in [0, 0.1) is 5.92 Å². The smallest absolute Gasteiger partial charge is 0.213 e. The first-order chi connectivity index (χ1) is 11.1. The van der Waals surface area contributed by atoms with E-state index < -0.39 is 25.6 Å². The van der Waals surface area contributed by atoms with Gasteiger partial charge < -0.3 is 0 Å². The molecule has 1 aromatic carbocycles. The van der Waals surface area contributed by atoms with Crippen molar-refractivity contribution in [2.75, 3.05) is 25.9 Å². The van der Waals surface area contributed by atoms with Crippen LogP contribution in [0.2, 0.25) is 0 Å². The third kappa shape index (κ3) is 2.69. The molecule has 1 saturated heterocycles. The second-order valence-corrected chi connectivity index (χ2v) is 10.9. The fraction of sp³-hybridized carbons (Fsp3) is 0.625. The molecular formula is C16H24N2O4S2. The van der Waals surface area contributed by atoms with Gasteiger partial charge >= 0.3 is 0 Å². The first-order valence-electron chi connectivity index (χ1n) is 8.16. The van der Waals surface area contributed by atoms with Crippen molar-refractivity contribution in [1.82, 2.24) is 8.61 Å². The molecule has 1 spiro atoms. The van der Waals surface area contributed by atoms with Crippen molar-refractivity contribution in [3.05, 3.63) is 29.8 Å². The van der Waals surface area contributed by atoms with Crippen molar-refractivity contribution in [2.24, 2.45) is 5.92 Å². The second-order valence-electron chi connectivity index (χ2n) is 7.13. The molecule has 0 N–H and O–H groups in total. The highest BCUT2D eigenvalue weighted by Gasteiger charge is 2.57. The molecule has 1 unspecified atom stereocenters. The van der Waals surface area contributed by atoms with Crippen molar-refractivity contribution in [3.63, 3.8) is 0 Å². The van der Waals surface area contributed by atoms with Crippen molar-refractivity contribution in [2.45, 2.75) is 37.1 Å². The predicted octanol–water partition coefficient (Wildman–Crippen LogP) is 1.60. The number of sulfonamides is 2. The summed E-state index contributed by atoms with van der Waals surface area (Å²) in [5.74, 6) is 0.369. The van der Waals surface area contributed by atoms with Crippen molar-refractivity contribution in [1.29, 1.82) is 0 Å². The highest BCUT2D eigenvalue weighted by atomic mass is 32.2. The fourth-order valence-corrected chi connectivity index (χ4v) is 6.68. The van der Waals surface area contributed by atoms with Gasteiger partial charge in [-0.25, -0.2) is 16.8 Å². The topological polar surface area (TPSA) is 74.8 Å². The van der Waals surface area contributed by atoms with E-state index in [4.69, 9.17) is 0 Å². The molecule has 134 valence electrons. The number of benzene rings is 1. The quantitative estimate of drug-likeness (QED) is 0.804. The zero-order valence-electron chi connectivity index (χ0n) is 14.3. The third-order valence-corrected chi connectivity index (χ3v) is 8.30. The van der Waals surface area contributed by atoms with Crippen LogP contribution in [0.15, 0.2) is 29.2 Å². The molecule has 3 rings (SSSR count). The number of rotatable bonds is 4. The van der Waals surface area contributed by atoms with Crippen LogP contribution < -0.4 is 0 Å². The molecule has 6 nitrogen and oxygen atoms in total. The molecule has 1 aromatic rings. The molecule has 24 heavy (non-hydrogen) atoms. The lowest BCUT2D eigenvalue weighted by molar-refractivity contribution is 0.202. The van der Waals surface area contributed by atoms with E-state index in [9.17, 15) is 16.8 Å². The lowest BCUT2D eigenvalue weighted by atomic mass is 9.88. The summed E-state index contributed by atoms with van der Waals surface area (Å²) < 4.78 is 53.0. The van der Waals surface area contributed by atoms with E-state index in [2.05, 4.69) is 13.8 Å². The first-order valence-corrected chi connectivity index (χ1v) is 11.5. The molecule has 0 amide bonds.